The number of carbonyl (C=O) groups is 1. The van der Waals surface area contributed by atoms with Crippen LogP contribution in [-0.4, -0.2) is 17.7 Å². The van der Waals surface area contributed by atoms with Crippen molar-refractivity contribution in [2.45, 2.75) is 65.2 Å². The van der Waals surface area contributed by atoms with Crippen molar-refractivity contribution in [3.63, 3.8) is 0 Å². The Hall–Kier alpha value is -1.22. The summed E-state index contributed by atoms with van der Waals surface area (Å²) in [5, 5.41) is 8.82. The Bertz CT molecular complexity index is 507. The summed E-state index contributed by atoms with van der Waals surface area (Å²) >= 11 is 0. The van der Waals surface area contributed by atoms with Gasteiger partial charge in [-0.3, -0.25) is 0 Å². The Morgan fingerprint density at radius 3 is 2.09 bits per heavy atom. The highest BCUT2D eigenvalue weighted by molar-refractivity contribution is 5.85. The van der Waals surface area contributed by atoms with Crippen LogP contribution in [0, 0.1) is 0 Å². The van der Waals surface area contributed by atoms with Crippen LogP contribution in [0.2, 0.25) is 0 Å². The van der Waals surface area contributed by atoms with Gasteiger partial charge in [0.05, 0.1) is 0 Å². The van der Waals surface area contributed by atoms with Crippen molar-refractivity contribution in [1.29, 1.82) is 0 Å². The van der Waals surface area contributed by atoms with E-state index in [2.05, 4.69) is 53.7 Å². The van der Waals surface area contributed by atoms with Gasteiger partial charge in [-0.2, -0.15) is 0 Å². The number of benzene rings is 1. The summed E-state index contributed by atoms with van der Waals surface area (Å²) in [5.74, 6) is -0.270. The molecule has 0 amide bonds. The third kappa shape index (κ3) is 4.91. The Labute approximate surface area is 140 Å². The maximum atomic E-state index is 10.8. The SMILES string of the molecule is CCC(C)(C)c1ccc(OCC(=O)O)c(C(C)(C)CC)c1.Cl. The summed E-state index contributed by atoms with van der Waals surface area (Å²) in [5.41, 5.74) is 2.41. The van der Waals surface area contributed by atoms with Crippen LogP contribution in [-0.2, 0) is 15.6 Å². The van der Waals surface area contributed by atoms with Crippen LogP contribution in [0.4, 0.5) is 0 Å². The lowest BCUT2D eigenvalue weighted by Gasteiger charge is -2.30. The molecule has 0 atom stereocenters. The van der Waals surface area contributed by atoms with Gasteiger partial charge in [0.2, 0.25) is 0 Å². The first-order chi connectivity index (χ1) is 9.64. The van der Waals surface area contributed by atoms with E-state index in [-0.39, 0.29) is 29.8 Å². The molecule has 0 saturated heterocycles. The predicted octanol–water partition coefficient (Wildman–Crippen LogP) is 4.95. The third-order valence-corrected chi connectivity index (χ3v) is 4.61. The van der Waals surface area contributed by atoms with E-state index in [4.69, 9.17) is 9.84 Å². The van der Waals surface area contributed by atoms with Gasteiger partial charge in [-0.25, -0.2) is 4.79 Å². The summed E-state index contributed by atoms with van der Waals surface area (Å²) in [6, 6.07) is 6.16. The van der Waals surface area contributed by atoms with Crippen molar-refractivity contribution < 1.29 is 14.6 Å². The minimum absolute atomic E-state index is 0. The maximum Gasteiger partial charge on any atom is 0.341 e. The molecular weight excluding hydrogens is 300 g/mol. The first-order valence-electron chi connectivity index (χ1n) is 7.63. The summed E-state index contributed by atoms with van der Waals surface area (Å²) in [6.07, 6.45) is 2.01. The maximum absolute atomic E-state index is 10.8. The molecule has 3 nitrogen and oxygen atoms in total. The van der Waals surface area contributed by atoms with Gasteiger partial charge in [0.1, 0.15) is 5.75 Å². The van der Waals surface area contributed by atoms with E-state index >= 15 is 0 Å². The molecule has 1 rings (SSSR count). The lowest BCUT2D eigenvalue weighted by atomic mass is 9.76. The zero-order chi connectivity index (χ0) is 16.3. The van der Waals surface area contributed by atoms with E-state index in [0.29, 0.717) is 5.75 Å². The topological polar surface area (TPSA) is 46.5 Å². The average molecular weight is 329 g/mol. The fourth-order valence-electron chi connectivity index (χ4n) is 2.14. The normalized spacial score (nSPS) is 11.7. The standard InChI is InChI=1S/C18H28O3.ClH/c1-7-17(3,4)13-9-10-15(21-12-16(19)20)14(11-13)18(5,6)8-2;/h9-11H,7-8,12H2,1-6H3,(H,19,20);1H. The van der Waals surface area contributed by atoms with Crippen LogP contribution in [0.3, 0.4) is 0 Å². The summed E-state index contributed by atoms with van der Waals surface area (Å²) in [6.45, 7) is 12.8. The van der Waals surface area contributed by atoms with E-state index in [1.54, 1.807) is 0 Å². The number of rotatable bonds is 7. The van der Waals surface area contributed by atoms with Crippen LogP contribution in [0.15, 0.2) is 18.2 Å². The molecule has 0 aliphatic carbocycles. The van der Waals surface area contributed by atoms with Crippen molar-refractivity contribution in [2.75, 3.05) is 6.61 Å². The Morgan fingerprint density at radius 1 is 1.09 bits per heavy atom. The molecule has 0 aliphatic rings. The third-order valence-electron chi connectivity index (χ3n) is 4.61. The fraction of sp³-hybridized carbons (Fsp3) is 0.611. The summed E-state index contributed by atoms with van der Waals surface area (Å²) < 4.78 is 5.49. The van der Waals surface area contributed by atoms with Crippen molar-refractivity contribution in [1.82, 2.24) is 0 Å². The number of hydrogen-bond donors (Lipinski definition) is 1. The van der Waals surface area contributed by atoms with Crippen molar-refractivity contribution >= 4 is 18.4 Å². The molecule has 0 spiro atoms. The molecular formula is C18H29ClO3. The Balaban J connectivity index is 0.00000441. The van der Waals surface area contributed by atoms with Crippen molar-refractivity contribution in [3.8, 4) is 5.75 Å². The highest BCUT2D eigenvalue weighted by Crippen LogP contribution is 2.38. The molecule has 1 N–H and O–H groups in total. The van der Waals surface area contributed by atoms with Gasteiger partial charge in [0.25, 0.3) is 0 Å². The molecule has 0 fully saturated rings. The molecule has 0 bridgehead atoms. The van der Waals surface area contributed by atoms with Crippen LogP contribution >= 0.6 is 12.4 Å². The van der Waals surface area contributed by atoms with Gasteiger partial charge in [0, 0.05) is 5.56 Å². The van der Waals surface area contributed by atoms with E-state index in [0.717, 1.165) is 18.4 Å². The van der Waals surface area contributed by atoms with Gasteiger partial charge < -0.3 is 9.84 Å². The molecule has 0 saturated carbocycles. The van der Waals surface area contributed by atoms with E-state index in [9.17, 15) is 4.79 Å². The molecule has 22 heavy (non-hydrogen) atoms. The first-order valence-corrected chi connectivity index (χ1v) is 7.63. The number of aliphatic carboxylic acids is 1. The van der Waals surface area contributed by atoms with Gasteiger partial charge in [0.15, 0.2) is 6.61 Å². The lowest BCUT2D eigenvalue weighted by molar-refractivity contribution is -0.139. The minimum Gasteiger partial charge on any atom is -0.482 e. The second-order valence-corrected chi connectivity index (χ2v) is 6.87. The highest BCUT2D eigenvalue weighted by atomic mass is 35.5. The van der Waals surface area contributed by atoms with Gasteiger partial charge in [-0.05, 0) is 35.3 Å². The Morgan fingerprint density at radius 2 is 1.64 bits per heavy atom. The molecule has 0 aromatic heterocycles. The fourth-order valence-corrected chi connectivity index (χ4v) is 2.14. The largest absolute Gasteiger partial charge is 0.482 e. The predicted molar refractivity (Wildman–Crippen MR) is 93.5 cm³/mol. The minimum atomic E-state index is -0.951. The van der Waals surface area contributed by atoms with E-state index in [1.165, 1.54) is 5.56 Å². The zero-order valence-corrected chi connectivity index (χ0v) is 15.3. The zero-order valence-electron chi connectivity index (χ0n) is 14.5. The molecule has 4 heteroatoms. The molecule has 1 aromatic carbocycles. The molecule has 0 radical (unpaired) electrons. The quantitative estimate of drug-likeness (QED) is 0.770. The number of hydrogen-bond acceptors (Lipinski definition) is 2. The number of halogens is 1. The number of carboxylic acid groups (broad SMARTS) is 1. The number of carboxylic acids is 1. The molecule has 1 aromatic rings. The van der Waals surface area contributed by atoms with Crippen molar-refractivity contribution in [3.05, 3.63) is 29.3 Å². The average Bonchev–Trinajstić information content (AvgIpc) is 2.44. The van der Waals surface area contributed by atoms with Crippen LogP contribution in [0.5, 0.6) is 5.75 Å². The van der Waals surface area contributed by atoms with E-state index < -0.39 is 5.97 Å². The highest BCUT2D eigenvalue weighted by Gasteiger charge is 2.26. The monoisotopic (exact) mass is 328 g/mol. The lowest BCUT2D eigenvalue weighted by Crippen LogP contribution is -2.22. The molecule has 0 unspecified atom stereocenters. The second kappa shape index (κ2) is 7.87. The van der Waals surface area contributed by atoms with Crippen LogP contribution < -0.4 is 4.74 Å². The van der Waals surface area contributed by atoms with Gasteiger partial charge in [-0.1, -0.05) is 53.7 Å². The summed E-state index contributed by atoms with van der Waals surface area (Å²) in [4.78, 5) is 10.8. The first kappa shape index (κ1) is 20.8. The van der Waals surface area contributed by atoms with Crippen LogP contribution in [0.25, 0.3) is 0 Å². The number of ether oxygens (including phenoxy) is 1. The van der Waals surface area contributed by atoms with Crippen molar-refractivity contribution in [2.24, 2.45) is 0 Å². The molecule has 0 aliphatic heterocycles. The second-order valence-electron chi connectivity index (χ2n) is 6.87. The van der Waals surface area contributed by atoms with Gasteiger partial charge in [-0.15, -0.1) is 12.4 Å². The Kier molecular flexibility index (Phi) is 7.43. The smallest absolute Gasteiger partial charge is 0.341 e. The van der Waals surface area contributed by atoms with E-state index in [1.807, 2.05) is 6.07 Å². The van der Waals surface area contributed by atoms with Gasteiger partial charge >= 0.3 is 5.97 Å². The molecule has 0 heterocycles. The van der Waals surface area contributed by atoms with Crippen LogP contribution in [0.1, 0.15) is 65.5 Å². The summed E-state index contributed by atoms with van der Waals surface area (Å²) in [7, 11) is 0. The molecule has 126 valence electrons.